The fourth-order valence-electron chi connectivity index (χ4n) is 1.87. The number of rotatable bonds is 7. The molecule has 1 heterocycles. The third kappa shape index (κ3) is 4.13. The van der Waals surface area contributed by atoms with Crippen molar-refractivity contribution >= 4 is 0 Å². The van der Waals surface area contributed by atoms with E-state index in [1.807, 2.05) is 0 Å². The molecule has 0 saturated carbocycles. The first-order valence-corrected chi connectivity index (χ1v) is 6.54. The molecule has 4 nitrogen and oxygen atoms in total. The Morgan fingerprint density at radius 2 is 2.00 bits per heavy atom. The summed E-state index contributed by atoms with van der Waals surface area (Å²) in [7, 11) is 0. The van der Waals surface area contributed by atoms with Crippen LogP contribution in [0.2, 0.25) is 0 Å². The van der Waals surface area contributed by atoms with E-state index in [-0.39, 0.29) is 5.82 Å². The van der Waals surface area contributed by atoms with Gasteiger partial charge in [0.2, 0.25) is 5.89 Å². The predicted molar refractivity (Wildman–Crippen MR) is 70.1 cm³/mol. The fraction of sp³-hybridized carbons (Fsp3) is 0.429. The monoisotopic (exact) mass is 263 g/mol. The quantitative estimate of drug-likeness (QED) is 0.779. The van der Waals surface area contributed by atoms with Crippen molar-refractivity contribution in [2.45, 2.75) is 32.1 Å². The highest BCUT2D eigenvalue weighted by Gasteiger charge is 2.09. The molecule has 1 aromatic heterocycles. The highest BCUT2D eigenvalue weighted by atomic mass is 19.1. The Morgan fingerprint density at radius 1 is 1.16 bits per heavy atom. The number of halogens is 1. The number of nitrogens with two attached hydrogens (primary N) is 1. The Hall–Kier alpha value is -1.75. The van der Waals surface area contributed by atoms with E-state index in [4.69, 9.17) is 10.3 Å². The molecular weight excluding hydrogens is 245 g/mol. The van der Waals surface area contributed by atoms with Gasteiger partial charge in [-0.1, -0.05) is 29.8 Å². The minimum absolute atomic E-state index is 0.239. The van der Waals surface area contributed by atoms with Crippen LogP contribution in [0.4, 0.5) is 4.39 Å². The van der Waals surface area contributed by atoms with Crippen LogP contribution in [0.25, 0.3) is 0 Å². The van der Waals surface area contributed by atoms with Gasteiger partial charge in [0, 0.05) is 12.8 Å². The van der Waals surface area contributed by atoms with Gasteiger partial charge in [-0.15, -0.1) is 0 Å². The van der Waals surface area contributed by atoms with Crippen LogP contribution in [-0.4, -0.2) is 16.7 Å². The summed E-state index contributed by atoms with van der Waals surface area (Å²) in [4.78, 5) is 4.27. The summed E-state index contributed by atoms with van der Waals surface area (Å²) in [6.07, 6.45) is 4.17. The van der Waals surface area contributed by atoms with Gasteiger partial charge in [0.1, 0.15) is 5.82 Å². The van der Waals surface area contributed by atoms with Crippen molar-refractivity contribution in [3.05, 3.63) is 47.4 Å². The highest BCUT2D eigenvalue weighted by Crippen LogP contribution is 2.12. The summed E-state index contributed by atoms with van der Waals surface area (Å²) in [5.41, 5.74) is 6.01. The Morgan fingerprint density at radius 3 is 2.79 bits per heavy atom. The van der Waals surface area contributed by atoms with Gasteiger partial charge in [-0.05, 0) is 31.0 Å². The standard InChI is InChI=1S/C14H18FN3O/c15-12-7-4-3-6-11(12)10-13-17-14(19-18-13)8-2-1-5-9-16/h3-4,6-7H,1-2,5,8-10,16H2. The maximum atomic E-state index is 13.5. The predicted octanol–water partition coefficient (Wildman–Crippen LogP) is 2.47. The third-order valence-electron chi connectivity index (χ3n) is 2.91. The minimum atomic E-state index is -0.239. The molecule has 5 heteroatoms. The van der Waals surface area contributed by atoms with Crippen molar-refractivity contribution in [3.63, 3.8) is 0 Å². The van der Waals surface area contributed by atoms with Crippen LogP contribution in [0.3, 0.4) is 0 Å². The lowest BCUT2D eigenvalue weighted by Crippen LogP contribution is -1.98. The summed E-state index contributed by atoms with van der Waals surface area (Å²) in [6.45, 7) is 0.711. The van der Waals surface area contributed by atoms with Crippen LogP contribution in [-0.2, 0) is 12.8 Å². The molecule has 0 aliphatic carbocycles. The van der Waals surface area contributed by atoms with Crippen molar-refractivity contribution in [1.82, 2.24) is 10.1 Å². The molecule has 102 valence electrons. The molecule has 19 heavy (non-hydrogen) atoms. The van der Waals surface area contributed by atoms with E-state index < -0.39 is 0 Å². The number of hydrogen-bond acceptors (Lipinski definition) is 4. The first kappa shape index (κ1) is 13.7. The molecule has 0 aliphatic heterocycles. The van der Waals surface area contributed by atoms with Crippen LogP contribution in [0.5, 0.6) is 0 Å². The van der Waals surface area contributed by atoms with Crippen molar-refractivity contribution < 1.29 is 8.91 Å². The molecule has 0 atom stereocenters. The second-order valence-corrected chi connectivity index (χ2v) is 4.47. The summed E-state index contributed by atoms with van der Waals surface area (Å²) in [6, 6.07) is 6.62. The number of hydrogen-bond donors (Lipinski definition) is 1. The molecule has 0 unspecified atom stereocenters. The van der Waals surface area contributed by atoms with E-state index in [0.29, 0.717) is 30.2 Å². The van der Waals surface area contributed by atoms with Gasteiger partial charge in [-0.25, -0.2) is 4.39 Å². The first-order valence-electron chi connectivity index (χ1n) is 6.54. The van der Waals surface area contributed by atoms with E-state index >= 15 is 0 Å². The number of aryl methyl sites for hydroxylation is 1. The second kappa shape index (κ2) is 6.99. The fourth-order valence-corrected chi connectivity index (χ4v) is 1.87. The SMILES string of the molecule is NCCCCCc1nc(Cc2ccccc2F)no1. The zero-order valence-corrected chi connectivity index (χ0v) is 10.8. The molecule has 0 radical (unpaired) electrons. The lowest BCUT2D eigenvalue weighted by atomic mass is 10.1. The lowest BCUT2D eigenvalue weighted by Gasteiger charge is -1.97. The zero-order chi connectivity index (χ0) is 13.5. The van der Waals surface area contributed by atoms with Gasteiger partial charge in [0.15, 0.2) is 5.82 Å². The Labute approximate surface area is 111 Å². The average Bonchev–Trinajstić information content (AvgIpc) is 2.85. The summed E-state index contributed by atoms with van der Waals surface area (Å²) >= 11 is 0. The molecule has 0 amide bonds. The van der Waals surface area contributed by atoms with Crippen molar-refractivity contribution in [2.75, 3.05) is 6.54 Å². The molecule has 1 aromatic carbocycles. The van der Waals surface area contributed by atoms with Crippen LogP contribution < -0.4 is 5.73 Å². The highest BCUT2D eigenvalue weighted by molar-refractivity contribution is 5.20. The number of unbranched alkanes of at least 4 members (excludes halogenated alkanes) is 2. The smallest absolute Gasteiger partial charge is 0.226 e. The molecule has 2 N–H and O–H groups in total. The van der Waals surface area contributed by atoms with E-state index in [1.165, 1.54) is 6.07 Å². The van der Waals surface area contributed by atoms with Crippen LogP contribution in [0, 0.1) is 5.82 Å². The average molecular weight is 263 g/mol. The summed E-state index contributed by atoms with van der Waals surface area (Å²) in [5, 5.41) is 3.87. The summed E-state index contributed by atoms with van der Waals surface area (Å²) in [5.74, 6) is 0.902. The Bertz CT molecular complexity index is 513. The van der Waals surface area contributed by atoms with Gasteiger partial charge in [-0.3, -0.25) is 0 Å². The van der Waals surface area contributed by atoms with E-state index in [9.17, 15) is 4.39 Å². The molecule has 0 fully saturated rings. The molecule has 0 bridgehead atoms. The molecule has 0 aliphatic rings. The van der Waals surface area contributed by atoms with Gasteiger partial charge in [0.05, 0.1) is 0 Å². The lowest BCUT2D eigenvalue weighted by molar-refractivity contribution is 0.369. The van der Waals surface area contributed by atoms with Crippen molar-refractivity contribution in [2.24, 2.45) is 5.73 Å². The van der Waals surface area contributed by atoms with E-state index in [2.05, 4.69) is 10.1 Å². The van der Waals surface area contributed by atoms with Crippen LogP contribution in [0.1, 0.15) is 36.5 Å². The minimum Gasteiger partial charge on any atom is -0.339 e. The molecule has 0 spiro atoms. The zero-order valence-electron chi connectivity index (χ0n) is 10.8. The van der Waals surface area contributed by atoms with Gasteiger partial charge in [0.25, 0.3) is 0 Å². The maximum Gasteiger partial charge on any atom is 0.226 e. The van der Waals surface area contributed by atoms with Crippen molar-refractivity contribution in [3.8, 4) is 0 Å². The molecule has 2 rings (SSSR count). The Kier molecular flexibility index (Phi) is 5.03. The van der Waals surface area contributed by atoms with Crippen LogP contribution >= 0.6 is 0 Å². The molecule has 0 saturated heterocycles. The summed E-state index contributed by atoms with van der Waals surface area (Å²) < 4.78 is 18.6. The van der Waals surface area contributed by atoms with Gasteiger partial charge >= 0.3 is 0 Å². The normalized spacial score (nSPS) is 10.8. The van der Waals surface area contributed by atoms with Crippen LogP contribution in [0.15, 0.2) is 28.8 Å². The van der Waals surface area contributed by atoms with Gasteiger partial charge < -0.3 is 10.3 Å². The molecule has 2 aromatic rings. The topological polar surface area (TPSA) is 64.9 Å². The molecular formula is C14H18FN3O. The third-order valence-corrected chi connectivity index (χ3v) is 2.91. The Balaban J connectivity index is 1.89. The van der Waals surface area contributed by atoms with E-state index in [0.717, 1.165) is 25.7 Å². The largest absolute Gasteiger partial charge is 0.339 e. The first-order chi connectivity index (χ1) is 9.29. The van der Waals surface area contributed by atoms with E-state index in [1.54, 1.807) is 18.2 Å². The van der Waals surface area contributed by atoms with Gasteiger partial charge in [-0.2, -0.15) is 4.98 Å². The maximum absolute atomic E-state index is 13.5. The van der Waals surface area contributed by atoms with Crippen molar-refractivity contribution in [1.29, 1.82) is 0 Å². The number of nitrogens with zero attached hydrogens (tertiary/aromatic N) is 2. The number of aromatic nitrogens is 2. The number of benzene rings is 1. The second-order valence-electron chi connectivity index (χ2n) is 4.47.